The van der Waals surface area contributed by atoms with Crippen molar-refractivity contribution in [3.8, 4) is 0 Å². The van der Waals surface area contributed by atoms with Crippen LogP contribution in [0.5, 0.6) is 0 Å². The number of thiophene rings is 1. The average molecular weight is 400 g/mol. The molecule has 7 heteroatoms. The fourth-order valence-electron chi connectivity index (χ4n) is 4.28. The standard InChI is InChI=1S/C21H25N3O3S/c1-14(25)22-9-11-23(12-10-22)21(27)20-19(16-7-8-24(13-16)15(2)26)17-5-3-4-6-18(17)28-20/h3-6,16H,7-13H2,1-2H3. The summed E-state index contributed by atoms with van der Waals surface area (Å²) in [5.74, 6) is 0.401. The number of nitrogens with zero attached hydrogens (tertiary/aromatic N) is 3. The van der Waals surface area contributed by atoms with Gasteiger partial charge in [-0.25, -0.2) is 0 Å². The highest BCUT2D eigenvalue weighted by Gasteiger charge is 2.33. The van der Waals surface area contributed by atoms with Crippen LogP contribution in [0.15, 0.2) is 24.3 Å². The smallest absolute Gasteiger partial charge is 0.264 e. The van der Waals surface area contributed by atoms with Gasteiger partial charge in [-0.2, -0.15) is 0 Å². The van der Waals surface area contributed by atoms with E-state index in [0.29, 0.717) is 32.7 Å². The second-order valence-electron chi connectivity index (χ2n) is 7.59. The number of carbonyl (C=O) groups excluding carboxylic acids is 3. The third-order valence-corrected chi connectivity index (χ3v) is 7.06. The summed E-state index contributed by atoms with van der Waals surface area (Å²) in [5.41, 5.74) is 1.10. The summed E-state index contributed by atoms with van der Waals surface area (Å²) >= 11 is 1.55. The predicted octanol–water partition coefficient (Wildman–Crippen LogP) is 2.54. The van der Waals surface area contributed by atoms with E-state index in [1.54, 1.807) is 30.1 Å². The normalized spacial score (nSPS) is 20.1. The van der Waals surface area contributed by atoms with Crippen LogP contribution in [0, 0.1) is 0 Å². The summed E-state index contributed by atoms with van der Waals surface area (Å²) in [6, 6.07) is 8.16. The maximum atomic E-state index is 13.4. The number of hydrogen-bond acceptors (Lipinski definition) is 4. The number of fused-ring (bicyclic) bond motifs is 1. The first-order valence-corrected chi connectivity index (χ1v) is 10.6. The number of hydrogen-bond donors (Lipinski definition) is 0. The summed E-state index contributed by atoms with van der Waals surface area (Å²) in [6.07, 6.45) is 0.888. The molecule has 148 valence electrons. The van der Waals surface area contributed by atoms with E-state index in [2.05, 4.69) is 12.1 Å². The van der Waals surface area contributed by atoms with Gasteiger partial charge >= 0.3 is 0 Å². The Morgan fingerprint density at radius 1 is 0.893 bits per heavy atom. The maximum absolute atomic E-state index is 13.4. The highest BCUT2D eigenvalue weighted by Crippen LogP contribution is 2.40. The molecule has 1 unspecified atom stereocenters. The van der Waals surface area contributed by atoms with Crippen LogP contribution in [0.4, 0.5) is 0 Å². The fraction of sp³-hybridized carbons (Fsp3) is 0.476. The van der Waals surface area contributed by atoms with E-state index in [1.165, 1.54) is 0 Å². The maximum Gasteiger partial charge on any atom is 0.264 e. The Kier molecular flexibility index (Phi) is 5.10. The Morgan fingerprint density at radius 3 is 2.18 bits per heavy atom. The first kappa shape index (κ1) is 18.9. The number of carbonyl (C=O) groups is 3. The molecule has 0 bridgehead atoms. The third kappa shape index (κ3) is 3.39. The van der Waals surface area contributed by atoms with Gasteiger partial charge in [0.15, 0.2) is 0 Å². The molecule has 0 saturated carbocycles. The minimum Gasteiger partial charge on any atom is -0.342 e. The number of rotatable bonds is 2. The van der Waals surface area contributed by atoms with E-state index >= 15 is 0 Å². The Balaban J connectivity index is 1.65. The van der Waals surface area contributed by atoms with E-state index in [4.69, 9.17) is 0 Å². The second kappa shape index (κ2) is 7.54. The van der Waals surface area contributed by atoms with Crippen LogP contribution < -0.4 is 0 Å². The van der Waals surface area contributed by atoms with Crippen molar-refractivity contribution in [2.24, 2.45) is 0 Å². The van der Waals surface area contributed by atoms with Crippen molar-refractivity contribution >= 4 is 39.1 Å². The summed E-state index contributed by atoms with van der Waals surface area (Å²) in [5, 5.41) is 1.13. The molecule has 0 spiro atoms. The van der Waals surface area contributed by atoms with Gasteiger partial charge in [0.1, 0.15) is 0 Å². The summed E-state index contributed by atoms with van der Waals surface area (Å²) in [4.78, 5) is 43.1. The summed E-state index contributed by atoms with van der Waals surface area (Å²) in [6.45, 7) is 6.90. The first-order chi connectivity index (χ1) is 13.5. The summed E-state index contributed by atoms with van der Waals surface area (Å²) in [7, 11) is 0. The number of benzene rings is 1. The molecule has 3 amide bonds. The first-order valence-electron chi connectivity index (χ1n) is 9.77. The summed E-state index contributed by atoms with van der Waals surface area (Å²) < 4.78 is 1.12. The highest BCUT2D eigenvalue weighted by molar-refractivity contribution is 7.21. The highest BCUT2D eigenvalue weighted by atomic mass is 32.1. The molecule has 0 N–H and O–H groups in total. The van der Waals surface area contributed by atoms with Crippen molar-refractivity contribution in [1.82, 2.24) is 14.7 Å². The van der Waals surface area contributed by atoms with Gasteiger partial charge in [-0.05, 0) is 23.4 Å². The molecule has 2 saturated heterocycles. The number of amides is 3. The van der Waals surface area contributed by atoms with Crippen LogP contribution >= 0.6 is 11.3 Å². The van der Waals surface area contributed by atoms with Gasteiger partial charge in [-0.1, -0.05) is 18.2 Å². The van der Waals surface area contributed by atoms with Crippen LogP contribution in [0.3, 0.4) is 0 Å². The lowest BCUT2D eigenvalue weighted by molar-refractivity contribution is -0.130. The molecule has 2 aliphatic rings. The Morgan fingerprint density at radius 2 is 1.54 bits per heavy atom. The zero-order chi connectivity index (χ0) is 19.8. The third-order valence-electron chi connectivity index (χ3n) is 5.88. The molecule has 1 aromatic carbocycles. The van der Waals surface area contributed by atoms with Crippen molar-refractivity contribution in [3.05, 3.63) is 34.7 Å². The van der Waals surface area contributed by atoms with Crippen LogP contribution in [0.25, 0.3) is 10.1 Å². The Hall–Kier alpha value is -2.41. The van der Waals surface area contributed by atoms with E-state index in [9.17, 15) is 14.4 Å². The zero-order valence-electron chi connectivity index (χ0n) is 16.3. The molecular formula is C21H25N3O3S. The van der Waals surface area contributed by atoms with Crippen molar-refractivity contribution < 1.29 is 14.4 Å². The van der Waals surface area contributed by atoms with Crippen molar-refractivity contribution in [2.45, 2.75) is 26.2 Å². The lowest BCUT2D eigenvalue weighted by Crippen LogP contribution is -2.50. The van der Waals surface area contributed by atoms with E-state index in [1.807, 2.05) is 21.9 Å². The molecule has 2 fully saturated rings. The molecule has 3 heterocycles. The SMILES string of the molecule is CC(=O)N1CCN(C(=O)c2sc3ccccc3c2C2CCN(C(C)=O)C2)CC1. The molecule has 6 nitrogen and oxygen atoms in total. The van der Waals surface area contributed by atoms with Gasteiger partial charge < -0.3 is 14.7 Å². The lowest BCUT2D eigenvalue weighted by atomic mass is 9.94. The molecule has 28 heavy (non-hydrogen) atoms. The van der Waals surface area contributed by atoms with E-state index < -0.39 is 0 Å². The quantitative estimate of drug-likeness (QED) is 0.780. The molecule has 1 atom stereocenters. The Labute approximate surface area is 168 Å². The van der Waals surface area contributed by atoms with E-state index in [0.717, 1.165) is 33.5 Å². The van der Waals surface area contributed by atoms with Gasteiger partial charge in [0, 0.05) is 63.7 Å². The van der Waals surface area contributed by atoms with Crippen LogP contribution in [0.2, 0.25) is 0 Å². The van der Waals surface area contributed by atoms with E-state index in [-0.39, 0.29) is 23.6 Å². The van der Waals surface area contributed by atoms with Crippen LogP contribution in [-0.2, 0) is 9.59 Å². The minimum atomic E-state index is 0.0562. The van der Waals surface area contributed by atoms with Crippen molar-refractivity contribution in [2.75, 3.05) is 39.3 Å². The molecule has 0 radical (unpaired) electrons. The molecule has 1 aromatic heterocycles. The molecule has 4 rings (SSSR count). The lowest BCUT2D eigenvalue weighted by Gasteiger charge is -2.34. The van der Waals surface area contributed by atoms with Gasteiger partial charge in [0.25, 0.3) is 5.91 Å². The van der Waals surface area contributed by atoms with Crippen LogP contribution in [-0.4, -0.2) is 71.7 Å². The predicted molar refractivity (Wildman–Crippen MR) is 110 cm³/mol. The number of likely N-dealkylation sites (tertiary alicyclic amines) is 1. The molecular weight excluding hydrogens is 374 g/mol. The van der Waals surface area contributed by atoms with Gasteiger partial charge in [0.05, 0.1) is 4.88 Å². The average Bonchev–Trinajstić information content (AvgIpc) is 3.32. The zero-order valence-corrected chi connectivity index (χ0v) is 17.1. The largest absolute Gasteiger partial charge is 0.342 e. The van der Waals surface area contributed by atoms with Crippen LogP contribution in [0.1, 0.15) is 41.4 Å². The molecule has 2 aromatic rings. The van der Waals surface area contributed by atoms with Gasteiger partial charge in [-0.15, -0.1) is 11.3 Å². The van der Waals surface area contributed by atoms with Gasteiger partial charge in [-0.3, -0.25) is 14.4 Å². The van der Waals surface area contributed by atoms with Gasteiger partial charge in [0.2, 0.25) is 11.8 Å². The van der Waals surface area contributed by atoms with Crippen molar-refractivity contribution in [1.29, 1.82) is 0 Å². The minimum absolute atomic E-state index is 0.0562. The Bertz CT molecular complexity index is 930. The molecule has 2 aliphatic heterocycles. The number of piperazine rings is 1. The second-order valence-corrected chi connectivity index (χ2v) is 8.64. The topological polar surface area (TPSA) is 60.9 Å². The molecule has 0 aliphatic carbocycles. The monoisotopic (exact) mass is 399 g/mol. The van der Waals surface area contributed by atoms with Crippen molar-refractivity contribution in [3.63, 3.8) is 0 Å². The fourth-order valence-corrected chi connectivity index (χ4v) is 5.54.